The van der Waals surface area contributed by atoms with Crippen molar-refractivity contribution in [2.45, 2.75) is 25.3 Å². The predicted octanol–water partition coefficient (Wildman–Crippen LogP) is 2.67. The van der Waals surface area contributed by atoms with Crippen LogP contribution < -0.4 is 5.73 Å². The van der Waals surface area contributed by atoms with E-state index in [1.165, 1.54) is 0 Å². The molecule has 0 aliphatic carbocycles. The Balaban J connectivity index is 2.25. The van der Waals surface area contributed by atoms with Gasteiger partial charge in [-0.3, -0.25) is 9.97 Å². The van der Waals surface area contributed by atoms with Crippen LogP contribution in [0.2, 0.25) is 0 Å². The zero-order chi connectivity index (χ0) is 12.1. The number of hydrogen-bond donors (Lipinski definition) is 1. The molecule has 2 aromatic rings. The average molecular weight is 227 g/mol. The lowest BCUT2D eigenvalue weighted by atomic mass is 9.89. The molecule has 0 bridgehead atoms. The molecular weight excluding hydrogens is 210 g/mol. The highest BCUT2D eigenvalue weighted by Crippen LogP contribution is 2.29. The maximum atomic E-state index is 6.31. The molecule has 1 heterocycles. The largest absolute Gasteiger partial charge is 0.323 e. The van der Waals surface area contributed by atoms with Gasteiger partial charge in [0.25, 0.3) is 0 Å². The Morgan fingerprint density at radius 2 is 1.94 bits per heavy atom. The summed E-state index contributed by atoms with van der Waals surface area (Å²) in [5, 5.41) is 0. The second-order valence-electron chi connectivity index (χ2n) is 4.08. The zero-order valence-electron chi connectivity index (χ0n) is 9.95. The van der Waals surface area contributed by atoms with E-state index in [2.05, 4.69) is 29.0 Å². The van der Waals surface area contributed by atoms with Crippen molar-refractivity contribution in [1.29, 1.82) is 0 Å². The number of aromatic nitrogens is 2. The van der Waals surface area contributed by atoms with Crippen molar-refractivity contribution in [1.82, 2.24) is 9.97 Å². The standard InChI is InChI=1S/C14H17N3/c1-2-12(13-10-16-8-9-17-13)14(15)11-6-4-3-5-7-11/h3-10,12,14H,2,15H2,1H3. The summed E-state index contributed by atoms with van der Waals surface area (Å²) < 4.78 is 0. The van der Waals surface area contributed by atoms with Crippen molar-refractivity contribution < 1.29 is 0 Å². The fourth-order valence-corrected chi connectivity index (χ4v) is 2.06. The van der Waals surface area contributed by atoms with E-state index in [1.54, 1.807) is 18.6 Å². The van der Waals surface area contributed by atoms with Gasteiger partial charge in [0.2, 0.25) is 0 Å². The first kappa shape index (κ1) is 11.7. The van der Waals surface area contributed by atoms with Crippen molar-refractivity contribution in [3.05, 3.63) is 60.2 Å². The maximum absolute atomic E-state index is 6.31. The summed E-state index contributed by atoms with van der Waals surface area (Å²) in [6.07, 6.45) is 6.16. The van der Waals surface area contributed by atoms with Gasteiger partial charge in [-0.2, -0.15) is 0 Å². The summed E-state index contributed by atoms with van der Waals surface area (Å²) in [7, 11) is 0. The Bertz CT molecular complexity index is 442. The van der Waals surface area contributed by atoms with Crippen molar-refractivity contribution in [2.24, 2.45) is 5.73 Å². The molecule has 1 aromatic heterocycles. The molecule has 0 spiro atoms. The third kappa shape index (κ3) is 2.68. The Labute approximate surface area is 102 Å². The van der Waals surface area contributed by atoms with Crippen LogP contribution in [0.1, 0.15) is 36.6 Å². The van der Waals surface area contributed by atoms with Crippen molar-refractivity contribution in [3.63, 3.8) is 0 Å². The van der Waals surface area contributed by atoms with Gasteiger partial charge in [-0.25, -0.2) is 0 Å². The van der Waals surface area contributed by atoms with Crippen LogP contribution in [-0.4, -0.2) is 9.97 Å². The zero-order valence-corrected chi connectivity index (χ0v) is 9.95. The summed E-state index contributed by atoms with van der Waals surface area (Å²) in [5.74, 6) is 0.214. The molecule has 0 aliphatic heterocycles. The normalized spacial score (nSPS) is 14.2. The molecule has 2 N–H and O–H groups in total. The van der Waals surface area contributed by atoms with Gasteiger partial charge in [0.05, 0.1) is 5.69 Å². The van der Waals surface area contributed by atoms with Crippen LogP contribution in [-0.2, 0) is 0 Å². The molecule has 2 atom stereocenters. The van der Waals surface area contributed by atoms with E-state index >= 15 is 0 Å². The lowest BCUT2D eigenvalue weighted by Crippen LogP contribution is -2.20. The molecule has 17 heavy (non-hydrogen) atoms. The summed E-state index contributed by atoms with van der Waals surface area (Å²) >= 11 is 0. The molecule has 1 aromatic carbocycles. The van der Waals surface area contributed by atoms with Crippen LogP contribution >= 0.6 is 0 Å². The number of nitrogens with zero attached hydrogens (tertiary/aromatic N) is 2. The second-order valence-corrected chi connectivity index (χ2v) is 4.08. The molecular formula is C14H17N3. The molecule has 0 saturated carbocycles. The number of rotatable bonds is 4. The maximum Gasteiger partial charge on any atom is 0.0636 e. The first-order chi connectivity index (χ1) is 8.33. The highest BCUT2D eigenvalue weighted by atomic mass is 14.8. The molecule has 0 radical (unpaired) electrons. The second kappa shape index (κ2) is 5.55. The van der Waals surface area contributed by atoms with E-state index in [-0.39, 0.29) is 12.0 Å². The third-order valence-electron chi connectivity index (χ3n) is 3.02. The van der Waals surface area contributed by atoms with Gasteiger partial charge in [0.15, 0.2) is 0 Å². The molecule has 2 rings (SSSR count). The highest BCUT2D eigenvalue weighted by Gasteiger charge is 2.20. The number of benzene rings is 1. The average Bonchev–Trinajstić information content (AvgIpc) is 2.42. The SMILES string of the molecule is CCC(c1cnccn1)C(N)c1ccccc1. The van der Waals surface area contributed by atoms with Crippen LogP contribution in [0, 0.1) is 0 Å². The minimum Gasteiger partial charge on any atom is -0.323 e. The lowest BCUT2D eigenvalue weighted by molar-refractivity contribution is 0.525. The minimum atomic E-state index is -0.0297. The van der Waals surface area contributed by atoms with E-state index in [9.17, 15) is 0 Å². The molecule has 0 aliphatic rings. The molecule has 0 amide bonds. The van der Waals surface area contributed by atoms with E-state index in [4.69, 9.17) is 5.73 Å². The first-order valence-electron chi connectivity index (χ1n) is 5.89. The highest BCUT2D eigenvalue weighted by molar-refractivity contribution is 5.23. The van der Waals surface area contributed by atoms with Gasteiger partial charge < -0.3 is 5.73 Å². The third-order valence-corrected chi connectivity index (χ3v) is 3.02. The summed E-state index contributed by atoms with van der Waals surface area (Å²) in [6, 6.07) is 10.1. The van der Waals surface area contributed by atoms with Gasteiger partial charge in [0, 0.05) is 30.6 Å². The van der Waals surface area contributed by atoms with Crippen LogP contribution in [0.4, 0.5) is 0 Å². The summed E-state index contributed by atoms with van der Waals surface area (Å²) in [5.41, 5.74) is 8.42. The fraction of sp³-hybridized carbons (Fsp3) is 0.286. The quantitative estimate of drug-likeness (QED) is 0.873. The van der Waals surface area contributed by atoms with Crippen molar-refractivity contribution in [2.75, 3.05) is 0 Å². The Morgan fingerprint density at radius 3 is 2.53 bits per heavy atom. The van der Waals surface area contributed by atoms with E-state index in [0.29, 0.717) is 0 Å². The van der Waals surface area contributed by atoms with Crippen LogP contribution in [0.25, 0.3) is 0 Å². The smallest absolute Gasteiger partial charge is 0.0636 e. The monoisotopic (exact) mass is 227 g/mol. The summed E-state index contributed by atoms with van der Waals surface area (Å²) in [4.78, 5) is 8.47. The van der Waals surface area contributed by atoms with Gasteiger partial charge in [-0.05, 0) is 12.0 Å². The number of nitrogens with two attached hydrogens (primary N) is 1. The van der Waals surface area contributed by atoms with E-state index in [0.717, 1.165) is 17.7 Å². The molecule has 3 heteroatoms. The van der Waals surface area contributed by atoms with Crippen molar-refractivity contribution in [3.8, 4) is 0 Å². The van der Waals surface area contributed by atoms with Gasteiger partial charge in [0.1, 0.15) is 0 Å². The van der Waals surface area contributed by atoms with Gasteiger partial charge >= 0.3 is 0 Å². The molecule has 0 fully saturated rings. The van der Waals surface area contributed by atoms with E-state index < -0.39 is 0 Å². The lowest BCUT2D eigenvalue weighted by Gasteiger charge is -2.22. The van der Waals surface area contributed by atoms with Crippen LogP contribution in [0.15, 0.2) is 48.9 Å². The van der Waals surface area contributed by atoms with Crippen LogP contribution in [0.5, 0.6) is 0 Å². The van der Waals surface area contributed by atoms with Gasteiger partial charge in [-0.1, -0.05) is 37.3 Å². The summed E-state index contributed by atoms with van der Waals surface area (Å²) in [6.45, 7) is 2.13. The minimum absolute atomic E-state index is 0.0297. The van der Waals surface area contributed by atoms with Crippen LogP contribution in [0.3, 0.4) is 0 Å². The van der Waals surface area contributed by atoms with Crippen molar-refractivity contribution >= 4 is 0 Å². The Morgan fingerprint density at radius 1 is 1.18 bits per heavy atom. The molecule has 3 nitrogen and oxygen atoms in total. The predicted molar refractivity (Wildman–Crippen MR) is 68.4 cm³/mol. The molecule has 0 saturated heterocycles. The first-order valence-corrected chi connectivity index (χ1v) is 5.89. The fourth-order valence-electron chi connectivity index (χ4n) is 2.06. The number of hydrogen-bond acceptors (Lipinski definition) is 3. The Kier molecular flexibility index (Phi) is 3.83. The molecule has 88 valence electrons. The Hall–Kier alpha value is -1.74. The topological polar surface area (TPSA) is 51.8 Å². The van der Waals surface area contributed by atoms with E-state index in [1.807, 2.05) is 18.2 Å². The van der Waals surface area contributed by atoms with Gasteiger partial charge in [-0.15, -0.1) is 0 Å². The molecule has 2 unspecified atom stereocenters.